The lowest BCUT2D eigenvalue weighted by atomic mass is 10.1. The van der Waals surface area contributed by atoms with Gasteiger partial charge in [0.25, 0.3) is 0 Å². The van der Waals surface area contributed by atoms with E-state index in [9.17, 15) is 4.79 Å². The molecule has 0 radical (unpaired) electrons. The van der Waals surface area contributed by atoms with Crippen LogP contribution >= 0.6 is 0 Å². The summed E-state index contributed by atoms with van der Waals surface area (Å²) in [5.74, 6) is 0.124. The van der Waals surface area contributed by atoms with Crippen LogP contribution in [0.1, 0.15) is 25.7 Å². The average Bonchev–Trinajstić information content (AvgIpc) is 2.24. The Kier molecular flexibility index (Phi) is 3.22. The summed E-state index contributed by atoms with van der Waals surface area (Å²) in [5, 5.41) is 1.95. The van der Waals surface area contributed by atoms with E-state index in [1.54, 1.807) is 0 Å². The molecule has 0 atom stereocenters. The fourth-order valence-electron chi connectivity index (χ4n) is 1.80. The number of hydrogen-bond donors (Lipinski definition) is 1. The Hall–Kier alpha value is -1.51. The van der Waals surface area contributed by atoms with Crippen molar-refractivity contribution in [2.24, 2.45) is 0 Å². The quantitative estimate of drug-likeness (QED) is 0.759. The lowest BCUT2D eigenvalue weighted by molar-refractivity contribution is -0.121. The summed E-state index contributed by atoms with van der Waals surface area (Å²) >= 11 is 0. The molecule has 1 aliphatic heterocycles. The number of nitrogens with zero attached hydrogens (tertiary/aromatic N) is 1. The van der Waals surface area contributed by atoms with Crippen LogP contribution in [0.2, 0.25) is 0 Å². The van der Waals surface area contributed by atoms with Gasteiger partial charge in [-0.2, -0.15) is 0 Å². The molecule has 0 unspecified atom stereocenters. The number of carbonyl (C=O) groups excluding carboxylic acids is 1. The van der Waals surface area contributed by atoms with E-state index in [2.05, 4.69) is 5.43 Å². The number of hydrogen-bond acceptors (Lipinski definition) is 2. The summed E-state index contributed by atoms with van der Waals surface area (Å²) in [6.07, 6.45) is 3.92. The molecule has 1 N–H and O–H groups in total. The Morgan fingerprint density at radius 1 is 1.07 bits per heavy atom. The SMILES string of the molecule is O=C1CCCCCN(c2ccccc2)N1. The second kappa shape index (κ2) is 4.82. The molecular formula is C12H16N2O. The van der Waals surface area contributed by atoms with Crippen LogP contribution in [0.25, 0.3) is 0 Å². The maximum absolute atomic E-state index is 11.5. The van der Waals surface area contributed by atoms with E-state index < -0.39 is 0 Å². The van der Waals surface area contributed by atoms with Gasteiger partial charge in [-0.1, -0.05) is 24.6 Å². The molecule has 3 nitrogen and oxygen atoms in total. The standard InChI is InChI=1S/C12H16N2O/c15-12-9-5-2-6-10-14(13-12)11-7-3-1-4-8-11/h1,3-4,7-8H,2,5-6,9-10H2,(H,13,15). The van der Waals surface area contributed by atoms with E-state index in [0.29, 0.717) is 6.42 Å². The van der Waals surface area contributed by atoms with Gasteiger partial charge >= 0.3 is 0 Å². The molecular weight excluding hydrogens is 188 g/mol. The molecule has 0 aromatic heterocycles. The van der Waals surface area contributed by atoms with Crippen molar-refractivity contribution in [3.8, 4) is 0 Å². The highest BCUT2D eigenvalue weighted by molar-refractivity contribution is 5.77. The van der Waals surface area contributed by atoms with E-state index in [4.69, 9.17) is 0 Å². The van der Waals surface area contributed by atoms with Crippen LogP contribution in [0.5, 0.6) is 0 Å². The summed E-state index contributed by atoms with van der Waals surface area (Å²) in [7, 11) is 0. The predicted molar refractivity (Wildman–Crippen MR) is 60.4 cm³/mol. The predicted octanol–water partition coefficient (Wildman–Crippen LogP) is 2.10. The van der Waals surface area contributed by atoms with Crippen LogP contribution in [0, 0.1) is 0 Å². The number of rotatable bonds is 1. The first-order valence-corrected chi connectivity index (χ1v) is 5.48. The highest BCUT2D eigenvalue weighted by Crippen LogP contribution is 2.14. The van der Waals surface area contributed by atoms with Crippen molar-refractivity contribution in [1.29, 1.82) is 0 Å². The monoisotopic (exact) mass is 204 g/mol. The molecule has 1 saturated heterocycles. The Bertz CT molecular complexity index is 324. The maximum atomic E-state index is 11.5. The minimum absolute atomic E-state index is 0.124. The normalized spacial score (nSPS) is 17.9. The van der Waals surface area contributed by atoms with Crippen LogP contribution in [0.3, 0.4) is 0 Å². The third-order valence-corrected chi connectivity index (χ3v) is 2.61. The first-order chi connectivity index (χ1) is 7.36. The van der Waals surface area contributed by atoms with E-state index in [1.165, 1.54) is 0 Å². The molecule has 80 valence electrons. The first-order valence-electron chi connectivity index (χ1n) is 5.48. The minimum Gasteiger partial charge on any atom is -0.286 e. The number of carbonyl (C=O) groups is 1. The third-order valence-electron chi connectivity index (χ3n) is 2.61. The average molecular weight is 204 g/mol. The molecule has 15 heavy (non-hydrogen) atoms. The van der Waals surface area contributed by atoms with Crippen molar-refractivity contribution in [2.75, 3.05) is 11.6 Å². The molecule has 2 rings (SSSR count). The van der Waals surface area contributed by atoms with Gasteiger partial charge in [0.15, 0.2) is 0 Å². The molecule has 1 aromatic carbocycles. The van der Waals surface area contributed by atoms with Gasteiger partial charge in [-0.3, -0.25) is 15.2 Å². The van der Waals surface area contributed by atoms with Crippen molar-refractivity contribution in [2.45, 2.75) is 25.7 Å². The lowest BCUT2D eigenvalue weighted by Gasteiger charge is -2.27. The number of para-hydroxylation sites is 1. The fraction of sp³-hybridized carbons (Fsp3) is 0.417. The van der Waals surface area contributed by atoms with Gasteiger partial charge in [0.2, 0.25) is 5.91 Å². The van der Waals surface area contributed by atoms with E-state index in [1.807, 2.05) is 35.3 Å². The molecule has 0 aliphatic carbocycles. The van der Waals surface area contributed by atoms with Crippen molar-refractivity contribution in [3.05, 3.63) is 30.3 Å². The number of nitrogens with one attached hydrogen (secondary N) is 1. The molecule has 3 heteroatoms. The van der Waals surface area contributed by atoms with Crippen molar-refractivity contribution in [3.63, 3.8) is 0 Å². The number of anilines is 1. The van der Waals surface area contributed by atoms with Gasteiger partial charge in [0.1, 0.15) is 0 Å². The van der Waals surface area contributed by atoms with Crippen LogP contribution in [0.4, 0.5) is 5.69 Å². The molecule has 0 saturated carbocycles. The van der Waals surface area contributed by atoms with Crippen LogP contribution < -0.4 is 10.4 Å². The zero-order valence-corrected chi connectivity index (χ0v) is 8.78. The van der Waals surface area contributed by atoms with Crippen LogP contribution in [0.15, 0.2) is 30.3 Å². The number of benzene rings is 1. The molecule has 1 aliphatic rings. The Morgan fingerprint density at radius 2 is 1.87 bits per heavy atom. The van der Waals surface area contributed by atoms with Gasteiger partial charge in [-0.25, -0.2) is 0 Å². The molecule has 1 aromatic rings. The van der Waals surface area contributed by atoms with Crippen LogP contribution in [-0.2, 0) is 4.79 Å². The largest absolute Gasteiger partial charge is 0.286 e. The number of hydrazine groups is 1. The first kappa shape index (κ1) is 10.0. The minimum atomic E-state index is 0.124. The molecule has 1 amide bonds. The fourth-order valence-corrected chi connectivity index (χ4v) is 1.80. The van der Waals surface area contributed by atoms with Gasteiger partial charge in [-0.15, -0.1) is 0 Å². The molecule has 0 bridgehead atoms. The van der Waals surface area contributed by atoms with Crippen molar-refractivity contribution < 1.29 is 4.79 Å². The van der Waals surface area contributed by atoms with Crippen LogP contribution in [-0.4, -0.2) is 12.5 Å². The Labute approximate surface area is 90.1 Å². The summed E-state index contributed by atoms with van der Waals surface area (Å²) < 4.78 is 0. The summed E-state index contributed by atoms with van der Waals surface area (Å²) in [6, 6.07) is 9.99. The third kappa shape index (κ3) is 2.72. The van der Waals surface area contributed by atoms with Crippen molar-refractivity contribution >= 4 is 11.6 Å². The van der Waals surface area contributed by atoms with E-state index >= 15 is 0 Å². The molecule has 1 fully saturated rings. The highest BCUT2D eigenvalue weighted by atomic mass is 16.2. The zero-order chi connectivity index (χ0) is 10.5. The second-order valence-corrected chi connectivity index (χ2v) is 3.83. The zero-order valence-electron chi connectivity index (χ0n) is 8.78. The topological polar surface area (TPSA) is 32.3 Å². The lowest BCUT2D eigenvalue weighted by Crippen LogP contribution is -2.43. The summed E-state index contributed by atoms with van der Waals surface area (Å²) in [5.41, 5.74) is 3.99. The van der Waals surface area contributed by atoms with Crippen molar-refractivity contribution in [1.82, 2.24) is 5.43 Å². The van der Waals surface area contributed by atoms with E-state index in [0.717, 1.165) is 31.5 Å². The smallest absolute Gasteiger partial charge is 0.238 e. The van der Waals surface area contributed by atoms with Gasteiger partial charge in [0, 0.05) is 13.0 Å². The Balaban J connectivity index is 2.09. The van der Waals surface area contributed by atoms with E-state index in [-0.39, 0.29) is 5.91 Å². The summed E-state index contributed by atoms with van der Waals surface area (Å²) in [4.78, 5) is 11.5. The summed E-state index contributed by atoms with van der Waals surface area (Å²) in [6.45, 7) is 0.899. The second-order valence-electron chi connectivity index (χ2n) is 3.83. The van der Waals surface area contributed by atoms with Gasteiger partial charge < -0.3 is 0 Å². The Morgan fingerprint density at radius 3 is 2.67 bits per heavy atom. The number of amides is 1. The van der Waals surface area contributed by atoms with Gasteiger partial charge in [-0.05, 0) is 25.0 Å². The highest BCUT2D eigenvalue weighted by Gasteiger charge is 2.12. The molecule has 0 spiro atoms. The molecule has 1 heterocycles. The van der Waals surface area contributed by atoms with Gasteiger partial charge in [0.05, 0.1) is 5.69 Å². The maximum Gasteiger partial charge on any atom is 0.238 e.